The van der Waals surface area contributed by atoms with Crippen molar-refractivity contribution in [2.75, 3.05) is 36.0 Å². The quantitative estimate of drug-likeness (QED) is 0.562. The van der Waals surface area contributed by atoms with E-state index in [1.54, 1.807) is 0 Å². The molecule has 0 amide bonds. The summed E-state index contributed by atoms with van der Waals surface area (Å²) in [5.74, 6) is 2.50. The van der Waals surface area contributed by atoms with Crippen molar-refractivity contribution in [1.82, 2.24) is 24.5 Å². The van der Waals surface area contributed by atoms with Crippen molar-refractivity contribution in [1.29, 1.82) is 0 Å². The molecule has 0 bridgehead atoms. The van der Waals surface area contributed by atoms with Gasteiger partial charge in [0.05, 0.1) is 5.69 Å². The van der Waals surface area contributed by atoms with Gasteiger partial charge in [0.2, 0.25) is 0 Å². The zero-order chi connectivity index (χ0) is 21.1. The molecule has 0 unspecified atom stereocenters. The van der Waals surface area contributed by atoms with Crippen LogP contribution in [0.15, 0.2) is 30.9 Å². The first-order chi connectivity index (χ1) is 14.6. The minimum absolute atomic E-state index is 0.328. The highest BCUT2D eigenvalue weighted by atomic mass is 15.2. The molecule has 1 aliphatic heterocycles. The van der Waals surface area contributed by atoms with E-state index < -0.39 is 0 Å². The standard InChI is InChI=1S/C21H29N9/c1-2-16-11-15(3-7-25-16)17-12-30(10-6-22)20(28-17)14-4-8-29(9-5-14)21-18(23)19(24)26-13-27-21/h3,7,11-14H,2,4-6,8-10,22-23H2,1H3,(H2,24,26,27). The van der Waals surface area contributed by atoms with Crippen LogP contribution in [0.2, 0.25) is 0 Å². The van der Waals surface area contributed by atoms with E-state index in [0.29, 0.717) is 24.0 Å². The van der Waals surface area contributed by atoms with Crippen molar-refractivity contribution in [2.45, 2.75) is 38.6 Å². The predicted octanol–water partition coefficient (Wildman–Crippen LogP) is 1.80. The third-order valence-corrected chi connectivity index (χ3v) is 5.71. The van der Waals surface area contributed by atoms with Crippen molar-refractivity contribution in [3.05, 3.63) is 42.4 Å². The summed E-state index contributed by atoms with van der Waals surface area (Å²) in [5, 5.41) is 0. The number of nitrogens with two attached hydrogens (primary N) is 3. The predicted molar refractivity (Wildman–Crippen MR) is 119 cm³/mol. The van der Waals surface area contributed by atoms with E-state index in [0.717, 1.165) is 67.5 Å². The molecular weight excluding hydrogens is 378 g/mol. The van der Waals surface area contributed by atoms with E-state index in [4.69, 9.17) is 22.2 Å². The molecule has 0 aliphatic carbocycles. The topological polar surface area (TPSA) is 138 Å². The van der Waals surface area contributed by atoms with Crippen molar-refractivity contribution in [3.8, 4) is 11.3 Å². The molecule has 1 saturated heterocycles. The van der Waals surface area contributed by atoms with Gasteiger partial charge in [0.1, 0.15) is 17.8 Å². The van der Waals surface area contributed by atoms with Crippen molar-refractivity contribution in [3.63, 3.8) is 0 Å². The van der Waals surface area contributed by atoms with Gasteiger partial charge < -0.3 is 26.7 Å². The van der Waals surface area contributed by atoms with Crippen LogP contribution in [0.5, 0.6) is 0 Å². The van der Waals surface area contributed by atoms with E-state index in [1.165, 1.54) is 6.33 Å². The Kier molecular flexibility index (Phi) is 5.80. The number of nitrogens with zero attached hydrogens (tertiary/aromatic N) is 6. The van der Waals surface area contributed by atoms with Gasteiger partial charge in [-0.2, -0.15) is 0 Å². The molecule has 1 aliphatic rings. The second kappa shape index (κ2) is 8.66. The zero-order valence-electron chi connectivity index (χ0n) is 17.3. The van der Waals surface area contributed by atoms with Crippen LogP contribution >= 0.6 is 0 Å². The van der Waals surface area contributed by atoms with Gasteiger partial charge in [0.25, 0.3) is 0 Å². The normalized spacial score (nSPS) is 14.9. The number of anilines is 3. The summed E-state index contributed by atoms with van der Waals surface area (Å²) in [6, 6.07) is 4.13. The number of imidazole rings is 1. The number of hydrogen-bond acceptors (Lipinski definition) is 8. The fourth-order valence-corrected chi connectivity index (χ4v) is 4.05. The summed E-state index contributed by atoms with van der Waals surface area (Å²) in [6.07, 6.45) is 8.26. The first-order valence-corrected chi connectivity index (χ1v) is 10.4. The van der Waals surface area contributed by atoms with Crippen molar-refractivity contribution < 1.29 is 0 Å². The van der Waals surface area contributed by atoms with Gasteiger partial charge in [-0.15, -0.1) is 0 Å². The summed E-state index contributed by atoms with van der Waals surface area (Å²) >= 11 is 0. The molecule has 3 aromatic rings. The van der Waals surface area contributed by atoms with Gasteiger partial charge in [0.15, 0.2) is 11.6 Å². The number of piperidine rings is 1. The molecule has 9 nitrogen and oxygen atoms in total. The lowest BCUT2D eigenvalue weighted by Crippen LogP contribution is -2.35. The number of aromatic nitrogens is 5. The number of hydrogen-bond donors (Lipinski definition) is 3. The van der Waals surface area contributed by atoms with E-state index in [2.05, 4.69) is 43.6 Å². The molecule has 0 spiro atoms. The molecule has 0 saturated carbocycles. The SMILES string of the molecule is CCc1cc(-c2cn(CCN)c(C3CCN(c4ncnc(N)c4N)CC3)n2)ccn1. The molecule has 1 fully saturated rings. The van der Waals surface area contributed by atoms with Gasteiger partial charge in [-0.3, -0.25) is 4.98 Å². The van der Waals surface area contributed by atoms with E-state index in [9.17, 15) is 0 Å². The Hall–Kier alpha value is -3.20. The summed E-state index contributed by atoms with van der Waals surface area (Å²) in [6.45, 7) is 5.12. The van der Waals surface area contributed by atoms with Crippen molar-refractivity contribution >= 4 is 17.3 Å². The molecule has 0 aromatic carbocycles. The largest absolute Gasteiger partial charge is 0.393 e. The number of pyridine rings is 1. The summed E-state index contributed by atoms with van der Waals surface area (Å²) in [7, 11) is 0. The van der Waals surface area contributed by atoms with Crippen LogP contribution < -0.4 is 22.1 Å². The lowest BCUT2D eigenvalue weighted by atomic mass is 9.95. The average molecular weight is 408 g/mol. The smallest absolute Gasteiger partial charge is 0.157 e. The maximum atomic E-state index is 6.09. The maximum Gasteiger partial charge on any atom is 0.157 e. The highest BCUT2D eigenvalue weighted by molar-refractivity contribution is 5.73. The molecule has 158 valence electrons. The molecule has 6 N–H and O–H groups in total. The lowest BCUT2D eigenvalue weighted by molar-refractivity contribution is 0.464. The fourth-order valence-electron chi connectivity index (χ4n) is 4.05. The van der Waals surface area contributed by atoms with Crippen LogP contribution in [0, 0.1) is 0 Å². The molecule has 4 rings (SSSR count). The Morgan fingerprint density at radius 3 is 2.67 bits per heavy atom. The third-order valence-electron chi connectivity index (χ3n) is 5.71. The van der Waals surface area contributed by atoms with Crippen molar-refractivity contribution in [2.24, 2.45) is 5.73 Å². The minimum Gasteiger partial charge on any atom is -0.393 e. The highest BCUT2D eigenvalue weighted by Gasteiger charge is 2.27. The summed E-state index contributed by atoms with van der Waals surface area (Å²) in [4.78, 5) is 19.9. The summed E-state index contributed by atoms with van der Waals surface area (Å²) < 4.78 is 2.21. The van der Waals surface area contributed by atoms with Gasteiger partial charge in [0, 0.05) is 55.7 Å². The van der Waals surface area contributed by atoms with Gasteiger partial charge in [-0.25, -0.2) is 15.0 Å². The van der Waals surface area contributed by atoms with Gasteiger partial charge in [-0.1, -0.05) is 6.92 Å². The van der Waals surface area contributed by atoms with Crippen LogP contribution in [0.25, 0.3) is 11.3 Å². The average Bonchev–Trinajstić information content (AvgIpc) is 3.20. The molecule has 0 atom stereocenters. The second-order valence-electron chi connectivity index (χ2n) is 7.61. The van der Waals surface area contributed by atoms with E-state index in [-0.39, 0.29) is 0 Å². The zero-order valence-corrected chi connectivity index (χ0v) is 17.3. The molecule has 30 heavy (non-hydrogen) atoms. The van der Waals surface area contributed by atoms with Gasteiger partial charge >= 0.3 is 0 Å². The fraction of sp³-hybridized carbons (Fsp3) is 0.429. The summed E-state index contributed by atoms with van der Waals surface area (Å²) in [5.41, 5.74) is 21.4. The van der Waals surface area contributed by atoms with E-state index >= 15 is 0 Å². The van der Waals surface area contributed by atoms with Gasteiger partial charge in [-0.05, 0) is 31.4 Å². The van der Waals surface area contributed by atoms with Crippen LogP contribution in [0.3, 0.4) is 0 Å². The van der Waals surface area contributed by atoms with Crippen LogP contribution in [0.4, 0.5) is 17.3 Å². The Bertz CT molecular complexity index is 1010. The number of nitrogen functional groups attached to an aromatic ring is 2. The van der Waals surface area contributed by atoms with Crippen LogP contribution in [0.1, 0.15) is 37.2 Å². The second-order valence-corrected chi connectivity index (χ2v) is 7.61. The Balaban J connectivity index is 1.55. The molecule has 4 heterocycles. The van der Waals surface area contributed by atoms with Crippen LogP contribution in [-0.4, -0.2) is 44.1 Å². The van der Waals surface area contributed by atoms with Crippen LogP contribution in [-0.2, 0) is 13.0 Å². The molecule has 0 radical (unpaired) electrons. The maximum absolute atomic E-state index is 6.09. The Labute approximate surface area is 176 Å². The Morgan fingerprint density at radius 2 is 1.93 bits per heavy atom. The first-order valence-electron chi connectivity index (χ1n) is 10.4. The Morgan fingerprint density at radius 1 is 1.13 bits per heavy atom. The molecule has 3 aromatic heterocycles. The molecular formula is C21H29N9. The monoisotopic (exact) mass is 407 g/mol. The highest BCUT2D eigenvalue weighted by Crippen LogP contribution is 2.33. The van der Waals surface area contributed by atoms with E-state index in [1.807, 2.05) is 12.3 Å². The first kappa shape index (κ1) is 20.1. The lowest BCUT2D eigenvalue weighted by Gasteiger charge is -2.33. The third kappa shape index (κ3) is 3.93. The minimum atomic E-state index is 0.328. The molecule has 9 heteroatoms. The number of rotatable bonds is 6. The number of aryl methyl sites for hydroxylation is 1.